The van der Waals surface area contributed by atoms with Gasteiger partial charge < -0.3 is 4.74 Å². The highest BCUT2D eigenvalue weighted by Gasteiger charge is 2.05. The SMILES string of the molecule is Fc1ccc(F)c(Oc2c[c]ncc2)c1. The van der Waals surface area contributed by atoms with E-state index >= 15 is 0 Å². The Morgan fingerprint density at radius 3 is 2.80 bits per heavy atom. The Morgan fingerprint density at radius 2 is 2.07 bits per heavy atom. The molecular weight excluding hydrogens is 200 g/mol. The second-order valence-corrected chi connectivity index (χ2v) is 2.80. The Hall–Kier alpha value is -1.97. The third-order valence-corrected chi connectivity index (χ3v) is 1.72. The van der Waals surface area contributed by atoms with Crippen LogP contribution in [-0.4, -0.2) is 4.98 Å². The predicted octanol–water partition coefficient (Wildman–Crippen LogP) is 2.95. The van der Waals surface area contributed by atoms with E-state index in [1.807, 2.05) is 0 Å². The monoisotopic (exact) mass is 206 g/mol. The van der Waals surface area contributed by atoms with Crippen molar-refractivity contribution in [1.29, 1.82) is 0 Å². The number of rotatable bonds is 2. The molecule has 2 rings (SSSR count). The highest BCUT2D eigenvalue weighted by molar-refractivity contribution is 5.30. The first-order valence-electron chi connectivity index (χ1n) is 4.21. The molecule has 0 amide bonds. The quantitative estimate of drug-likeness (QED) is 0.753. The highest BCUT2D eigenvalue weighted by atomic mass is 19.1. The van der Waals surface area contributed by atoms with Crippen LogP contribution in [0.15, 0.2) is 36.5 Å². The zero-order chi connectivity index (χ0) is 10.7. The van der Waals surface area contributed by atoms with Crippen molar-refractivity contribution < 1.29 is 13.5 Å². The van der Waals surface area contributed by atoms with Crippen molar-refractivity contribution in [1.82, 2.24) is 4.98 Å². The Bertz CT molecular complexity index is 459. The number of hydrogen-bond acceptors (Lipinski definition) is 2. The molecule has 0 aliphatic heterocycles. The van der Waals surface area contributed by atoms with Crippen LogP contribution in [-0.2, 0) is 0 Å². The van der Waals surface area contributed by atoms with Gasteiger partial charge in [-0.2, -0.15) is 0 Å². The Kier molecular flexibility index (Phi) is 2.58. The van der Waals surface area contributed by atoms with Crippen LogP contribution in [0, 0.1) is 17.8 Å². The van der Waals surface area contributed by atoms with Crippen LogP contribution in [0.4, 0.5) is 8.78 Å². The summed E-state index contributed by atoms with van der Waals surface area (Å²) in [6.45, 7) is 0. The first-order chi connectivity index (χ1) is 7.25. The Morgan fingerprint density at radius 1 is 1.20 bits per heavy atom. The van der Waals surface area contributed by atoms with Crippen LogP contribution < -0.4 is 4.74 Å². The van der Waals surface area contributed by atoms with Gasteiger partial charge in [-0.25, -0.2) is 8.78 Å². The summed E-state index contributed by atoms with van der Waals surface area (Å²) in [4.78, 5) is 3.65. The maximum absolute atomic E-state index is 13.1. The smallest absolute Gasteiger partial charge is 0.165 e. The fourth-order valence-corrected chi connectivity index (χ4v) is 1.05. The second kappa shape index (κ2) is 4.04. The van der Waals surface area contributed by atoms with Gasteiger partial charge in [-0.05, 0) is 18.2 Å². The predicted molar refractivity (Wildman–Crippen MR) is 49.5 cm³/mol. The molecule has 0 atom stereocenters. The van der Waals surface area contributed by atoms with E-state index in [1.165, 1.54) is 18.3 Å². The standard InChI is InChI=1S/C11H6F2NO/c12-8-1-2-10(13)11(7-8)15-9-3-5-14-6-4-9/h1-5,7H. The molecule has 75 valence electrons. The summed E-state index contributed by atoms with van der Waals surface area (Å²) in [6.07, 6.45) is 3.98. The molecule has 15 heavy (non-hydrogen) atoms. The number of nitrogens with zero attached hydrogens (tertiary/aromatic N) is 1. The van der Waals surface area contributed by atoms with Crippen molar-refractivity contribution >= 4 is 0 Å². The molecule has 2 nitrogen and oxygen atoms in total. The van der Waals surface area contributed by atoms with Gasteiger partial charge in [-0.3, -0.25) is 4.98 Å². The third kappa shape index (κ3) is 2.28. The minimum atomic E-state index is -0.617. The van der Waals surface area contributed by atoms with Crippen molar-refractivity contribution in [3.05, 3.63) is 54.4 Å². The molecule has 0 fully saturated rings. The maximum atomic E-state index is 13.1. The zero-order valence-corrected chi connectivity index (χ0v) is 7.58. The first-order valence-corrected chi connectivity index (χ1v) is 4.21. The van der Waals surface area contributed by atoms with E-state index in [2.05, 4.69) is 11.2 Å². The van der Waals surface area contributed by atoms with Gasteiger partial charge in [0.05, 0.1) is 6.20 Å². The molecule has 0 aliphatic carbocycles. The van der Waals surface area contributed by atoms with E-state index in [0.29, 0.717) is 5.75 Å². The number of hydrogen-bond donors (Lipinski definition) is 0. The van der Waals surface area contributed by atoms with E-state index in [0.717, 1.165) is 18.2 Å². The number of pyridine rings is 1. The number of halogens is 2. The molecule has 0 bridgehead atoms. The summed E-state index contributed by atoms with van der Waals surface area (Å²) in [6, 6.07) is 5.98. The minimum absolute atomic E-state index is 0.158. The van der Waals surface area contributed by atoms with E-state index < -0.39 is 11.6 Å². The van der Waals surface area contributed by atoms with Crippen molar-refractivity contribution in [2.45, 2.75) is 0 Å². The van der Waals surface area contributed by atoms with Crippen molar-refractivity contribution in [2.24, 2.45) is 0 Å². The number of benzene rings is 1. The van der Waals surface area contributed by atoms with Crippen LogP contribution >= 0.6 is 0 Å². The van der Waals surface area contributed by atoms with Gasteiger partial charge in [-0.15, -0.1) is 0 Å². The molecule has 0 unspecified atom stereocenters. The lowest BCUT2D eigenvalue weighted by molar-refractivity contribution is 0.436. The average molecular weight is 206 g/mol. The van der Waals surface area contributed by atoms with Crippen molar-refractivity contribution in [3.63, 3.8) is 0 Å². The first kappa shape index (κ1) is 9.58. The Labute approximate surface area is 85.2 Å². The summed E-state index contributed by atoms with van der Waals surface area (Å²) >= 11 is 0. The second-order valence-electron chi connectivity index (χ2n) is 2.80. The molecule has 0 N–H and O–H groups in total. The highest BCUT2D eigenvalue weighted by Crippen LogP contribution is 2.24. The zero-order valence-electron chi connectivity index (χ0n) is 7.58. The molecule has 1 radical (unpaired) electrons. The lowest BCUT2D eigenvalue weighted by atomic mass is 10.3. The molecule has 2 aromatic rings. The van der Waals surface area contributed by atoms with Crippen LogP contribution in [0.2, 0.25) is 0 Å². The van der Waals surface area contributed by atoms with E-state index in [4.69, 9.17) is 4.74 Å². The maximum Gasteiger partial charge on any atom is 0.165 e. The minimum Gasteiger partial charge on any atom is -0.454 e. The number of aromatic nitrogens is 1. The van der Waals surface area contributed by atoms with Gasteiger partial charge in [0.2, 0.25) is 0 Å². The fraction of sp³-hybridized carbons (Fsp3) is 0. The summed E-state index contributed by atoms with van der Waals surface area (Å²) in [5.41, 5.74) is 0. The average Bonchev–Trinajstić information content (AvgIpc) is 2.25. The molecule has 0 saturated carbocycles. The fourth-order valence-electron chi connectivity index (χ4n) is 1.05. The van der Waals surface area contributed by atoms with Gasteiger partial charge in [0.25, 0.3) is 0 Å². The van der Waals surface area contributed by atoms with Crippen LogP contribution in [0.3, 0.4) is 0 Å². The van der Waals surface area contributed by atoms with Crippen molar-refractivity contribution in [2.75, 3.05) is 0 Å². The molecule has 0 aliphatic rings. The summed E-state index contributed by atoms with van der Waals surface area (Å²) in [5, 5.41) is 0. The lowest BCUT2D eigenvalue weighted by Gasteiger charge is -2.05. The van der Waals surface area contributed by atoms with Gasteiger partial charge >= 0.3 is 0 Å². The molecule has 4 heteroatoms. The van der Waals surface area contributed by atoms with Crippen molar-refractivity contribution in [3.8, 4) is 11.5 Å². The summed E-state index contributed by atoms with van der Waals surface area (Å²) in [7, 11) is 0. The molecule has 0 spiro atoms. The normalized spacial score (nSPS) is 10.0. The third-order valence-electron chi connectivity index (χ3n) is 1.72. The van der Waals surface area contributed by atoms with Gasteiger partial charge in [0, 0.05) is 18.3 Å². The molecular formula is C11H6F2NO. The molecule has 1 aromatic heterocycles. The molecule has 1 aromatic carbocycles. The topological polar surface area (TPSA) is 22.1 Å². The van der Waals surface area contributed by atoms with Crippen LogP contribution in [0.5, 0.6) is 11.5 Å². The van der Waals surface area contributed by atoms with Gasteiger partial charge in [-0.1, -0.05) is 0 Å². The summed E-state index contributed by atoms with van der Waals surface area (Å²) < 4.78 is 31.0. The van der Waals surface area contributed by atoms with Crippen LogP contribution in [0.1, 0.15) is 0 Å². The molecule has 1 heterocycles. The van der Waals surface area contributed by atoms with Gasteiger partial charge in [0.1, 0.15) is 11.6 Å². The van der Waals surface area contributed by atoms with Gasteiger partial charge in [0.15, 0.2) is 11.6 Å². The van der Waals surface area contributed by atoms with E-state index in [9.17, 15) is 8.78 Å². The van der Waals surface area contributed by atoms with E-state index in [1.54, 1.807) is 0 Å². The molecule has 0 saturated heterocycles. The summed E-state index contributed by atoms with van der Waals surface area (Å²) in [5.74, 6) is -0.971. The number of ether oxygens (including phenoxy) is 1. The lowest BCUT2D eigenvalue weighted by Crippen LogP contribution is -1.89. The largest absolute Gasteiger partial charge is 0.454 e. The van der Waals surface area contributed by atoms with E-state index in [-0.39, 0.29) is 5.75 Å². The Balaban J connectivity index is 2.28. The van der Waals surface area contributed by atoms with Crippen LogP contribution in [0.25, 0.3) is 0 Å².